The fourth-order valence-electron chi connectivity index (χ4n) is 2.67. The molecule has 122 valence electrons. The van der Waals surface area contributed by atoms with Crippen molar-refractivity contribution in [3.63, 3.8) is 0 Å². The number of nitrogens with one attached hydrogen (secondary N) is 2. The third kappa shape index (κ3) is 3.59. The highest BCUT2D eigenvalue weighted by Gasteiger charge is 2.19. The lowest BCUT2D eigenvalue weighted by atomic mass is 10.2. The maximum atomic E-state index is 12.1. The summed E-state index contributed by atoms with van der Waals surface area (Å²) in [4.78, 5) is 33.7. The van der Waals surface area contributed by atoms with Crippen LogP contribution in [0.4, 0.5) is 4.79 Å². The molecule has 3 rings (SSSR count). The van der Waals surface area contributed by atoms with Gasteiger partial charge in [-0.1, -0.05) is 0 Å². The van der Waals surface area contributed by atoms with Gasteiger partial charge in [0.1, 0.15) is 0 Å². The van der Waals surface area contributed by atoms with Crippen LogP contribution in [0.15, 0.2) is 24.5 Å². The zero-order valence-electron chi connectivity index (χ0n) is 12.7. The molecule has 8 heteroatoms. The minimum Gasteiger partial charge on any atom is -0.465 e. The van der Waals surface area contributed by atoms with E-state index in [1.807, 2.05) is 6.07 Å². The van der Waals surface area contributed by atoms with E-state index in [-0.39, 0.29) is 5.91 Å². The van der Waals surface area contributed by atoms with Crippen molar-refractivity contribution in [2.75, 3.05) is 39.3 Å². The molecule has 1 aliphatic rings. The zero-order valence-corrected chi connectivity index (χ0v) is 12.7. The second-order valence-corrected chi connectivity index (χ2v) is 5.50. The van der Waals surface area contributed by atoms with Crippen molar-refractivity contribution in [1.29, 1.82) is 0 Å². The van der Waals surface area contributed by atoms with E-state index >= 15 is 0 Å². The van der Waals surface area contributed by atoms with E-state index in [0.717, 1.165) is 11.0 Å². The molecule has 2 heterocycles. The molecule has 0 atom stereocenters. The highest BCUT2D eigenvalue weighted by molar-refractivity contribution is 5.97. The molecule has 0 aliphatic carbocycles. The largest absolute Gasteiger partial charge is 0.465 e. The Morgan fingerprint density at radius 1 is 1.26 bits per heavy atom. The first-order valence-corrected chi connectivity index (χ1v) is 7.55. The number of hydrogen-bond donors (Lipinski definition) is 3. The van der Waals surface area contributed by atoms with Gasteiger partial charge in [-0.15, -0.1) is 0 Å². The van der Waals surface area contributed by atoms with Crippen LogP contribution in [-0.2, 0) is 0 Å². The average molecular weight is 317 g/mol. The van der Waals surface area contributed by atoms with Crippen LogP contribution in [0, 0.1) is 0 Å². The highest BCUT2D eigenvalue weighted by atomic mass is 16.4. The van der Waals surface area contributed by atoms with Gasteiger partial charge in [0.15, 0.2) is 0 Å². The molecule has 3 N–H and O–H groups in total. The minimum atomic E-state index is -0.869. The zero-order chi connectivity index (χ0) is 16.2. The monoisotopic (exact) mass is 317 g/mol. The Hall–Kier alpha value is -2.61. The molecule has 1 saturated heterocycles. The van der Waals surface area contributed by atoms with Crippen LogP contribution in [-0.4, -0.2) is 76.1 Å². The first kappa shape index (κ1) is 15.3. The van der Waals surface area contributed by atoms with Gasteiger partial charge in [-0.2, -0.15) is 0 Å². The predicted molar refractivity (Wildman–Crippen MR) is 84.5 cm³/mol. The van der Waals surface area contributed by atoms with Gasteiger partial charge in [0.05, 0.1) is 17.4 Å². The van der Waals surface area contributed by atoms with Crippen LogP contribution in [0.1, 0.15) is 10.4 Å². The number of piperazine rings is 1. The van der Waals surface area contributed by atoms with Crippen molar-refractivity contribution in [3.8, 4) is 0 Å². The van der Waals surface area contributed by atoms with E-state index in [1.165, 1.54) is 4.90 Å². The summed E-state index contributed by atoms with van der Waals surface area (Å²) in [5.41, 5.74) is 2.25. The van der Waals surface area contributed by atoms with E-state index in [1.54, 1.807) is 18.5 Å². The number of nitrogens with zero attached hydrogens (tertiary/aromatic N) is 3. The first-order valence-electron chi connectivity index (χ1n) is 7.55. The molecule has 1 fully saturated rings. The number of imidazole rings is 1. The Bertz CT molecular complexity index is 706. The van der Waals surface area contributed by atoms with Crippen LogP contribution < -0.4 is 5.32 Å². The maximum Gasteiger partial charge on any atom is 0.407 e. The van der Waals surface area contributed by atoms with Crippen LogP contribution in [0.5, 0.6) is 0 Å². The highest BCUT2D eigenvalue weighted by Crippen LogP contribution is 2.11. The lowest BCUT2D eigenvalue weighted by Gasteiger charge is -2.32. The number of aromatic nitrogens is 2. The number of hydrogen-bond acceptors (Lipinski definition) is 4. The number of carboxylic acid groups (broad SMARTS) is 1. The molecule has 1 aromatic heterocycles. The summed E-state index contributed by atoms with van der Waals surface area (Å²) in [6.07, 6.45) is 0.732. The molecule has 8 nitrogen and oxygen atoms in total. The van der Waals surface area contributed by atoms with Crippen LogP contribution in [0.25, 0.3) is 11.0 Å². The number of carbonyl (C=O) groups excluding carboxylic acids is 1. The summed E-state index contributed by atoms with van der Waals surface area (Å²) in [6.45, 7) is 3.66. The smallest absolute Gasteiger partial charge is 0.407 e. The molecular formula is C15H19N5O3. The molecule has 0 bridgehead atoms. The third-order valence-electron chi connectivity index (χ3n) is 4.04. The summed E-state index contributed by atoms with van der Waals surface area (Å²) in [5, 5.41) is 11.8. The number of benzene rings is 1. The Kier molecular flexibility index (Phi) is 4.42. The van der Waals surface area contributed by atoms with Crippen molar-refractivity contribution in [2.24, 2.45) is 0 Å². The fourth-order valence-corrected chi connectivity index (χ4v) is 2.67. The second-order valence-electron chi connectivity index (χ2n) is 5.50. The number of carbonyl (C=O) groups is 2. The van der Waals surface area contributed by atoms with E-state index in [9.17, 15) is 9.59 Å². The van der Waals surface area contributed by atoms with E-state index in [0.29, 0.717) is 44.8 Å². The van der Waals surface area contributed by atoms with Crippen molar-refractivity contribution in [3.05, 3.63) is 30.1 Å². The normalized spacial score (nSPS) is 15.7. The van der Waals surface area contributed by atoms with Crippen LogP contribution in [0.3, 0.4) is 0 Å². The van der Waals surface area contributed by atoms with Crippen molar-refractivity contribution >= 4 is 23.0 Å². The average Bonchev–Trinajstić information content (AvgIpc) is 3.02. The number of rotatable bonds is 4. The second kappa shape index (κ2) is 6.66. The molecule has 2 amide bonds. The quantitative estimate of drug-likeness (QED) is 0.766. The van der Waals surface area contributed by atoms with Crippen molar-refractivity contribution < 1.29 is 14.7 Å². The number of aromatic amines is 1. The summed E-state index contributed by atoms with van der Waals surface area (Å²) >= 11 is 0. The van der Waals surface area contributed by atoms with Crippen LogP contribution in [0.2, 0.25) is 0 Å². The molecule has 1 aromatic carbocycles. The summed E-state index contributed by atoms with van der Waals surface area (Å²) in [5.74, 6) is -0.126. The van der Waals surface area contributed by atoms with Gasteiger partial charge in [0.2, 0.25) is 0 Å². The SMILES string of the molecule is O=C(NCCN1CCN(C(=O)O)CC1)c1ccc2[nH]cnc2c1. The topological polar surface area (TPSA) is 102 Å². The Morgan fingerprint density at radius 3 is 2.78 bits per heavy atom. The molecular weight excluding hydrogens is 298 g/mol. The summed E-state index contributed by atoms with van der Waals surface area (Å²) < 4.78 is 0. The van der Waals surface area contributed by atoms with E-state index < -0.39 is 6.09 Å². The standard InChI is InChI=1S/C15H19N5O3/c21-14(11-1-2-12-13(9-11)18-10-17-12)16-3-4-19-5-7-20(8-6-19)15(22)23/h1-2,9-10H,3-8H2,(H,16,21)(H,17,18)(H,22,23). The number of amides is 2. The van der Waals surface area contributed by atoms with Gasteiger partial charge < -0.3 is 20.3 Å². The van der Waals surface area contributed by atoms with E-state index in [4.69, 9.17) is 5.11 Å². The van der Waals surface area contributed by atoms with Crippen molar-refractivity contribution in [2.45, 2.75) is 0 Å². The van der Waals surface area contributed by atoms with Gasteiger partial charge in [-0.05, 0) is 18.2 Å². The molecule has 23 heavy (non-hydrogen) atoms. The summed E-state index contributed by atoms with van der Waals surface area (Å²) in [6, 6.07) is 5.36. The molecule has 0 unspecified atom stereocenters. The number of H-pyrrole nitrogens is 1. The molecule has 0 spiro atoms. The lowest BCUT2D eigenvalue weighted by Crippen LogP contribution is -2.49. The fraction of sp³-hybridized carbons (Fsp3) is 0.400. The molecule has 0 saturated carbocycles. The Morgan fingerprint density at radius 2 is 2.04 bits per heavy atom. The van der Waals surface area contributed by atoms with Gasteiger partial charge in [-0.25, -0.2) is 9.78 Å². The van der Waals surface area contributed by atoms with Gasteiger partial charge in [-0.3, -0.25) is 9.69 Å². The Labute approximate surface area is 133 Å². The van der Waals surface area contributed by atoms with Gasteiger partial charge in [0, 0.05) is 44.8 Å². The van der Waals surface area contributed by atoms with Crippen LogP contribution >= 0.6 is 0 Å². The van der Waals surface area contributed by atoms with Gasteiger partial charge >= 0.3 is 6.09 Å². The molecule has 1 aliphatic heterocycles. The minimum absolute atomic E-state index is 0.126. The lowest BCUT2D eigenvalue weighted by molar-refractivity contribution is 0.0930. The Balaban J connectivity index is 1.45. The molecule has 0 radical (unpaired) electrons. The third-order valence-corrected chi connectivity index (χ3v) is 4.04. The summed E-state index contributed by atoms with van der Waals surface area (Å²) in [7, 11) is 0. The maximum absolute atomic E-state index is 12.1. The van der Waals surface area contributed by atoms with Gasteiger partial charge in [0.25, 0.3) is 5.91 Å². The molecule has 2 aromatic rings. The number of fused-ring (bicyclic) bond motifs is 1. The van der Waals surface area contributed by atoms with Crippen molar-refractivity contribution in [1.82, 2.24) is 25.1 Å². The predicted octanol–water partition coefficient (Wildman–Crippen LogP) is 0.588. The first-order chi connectivity index (χ1) is 11.1. The van der Waals surface area contributed by atoms with E-state index in [2.05, 4.69) is 20.2 Å².